The molecule has 3 rings (SSSR count). The SMILES string of the molecule is CC(C)(C)OC(=O)N1CCN(CC(=O)N2CCC(c3ccccc3)=N2)CC1. The molecule has 2 amide bonds. The van der Waals surface area contributed by atoms with Crippen LogP contribution in [0.15, 0.2) is 35.4 Å². The minimum atomic E-state index is -0.492. The van der Waals surface area contributed by atoms with Gasteiger partial charge in [-0.05, 0) is 26.3 Å². The third-order valence-electron chi connectivity index (χ3n) is 4.58. The van der Waals surface area contributed by atoms with Crippen molar-refractivity contribution in [3.63, 3.8) is 0 Å². The summed E-state index contributed by atoms with van der Waals surface area (Å²) < 4.78 is 5.40. The van der Waals surface area contributed by atoms with Crippen LogP contribution >= 0.6 is 0 Å². The number of hydrazone groups is 1. The van der Waals surface area contributed by atoms with E-state index in [1.165, 1.54) is 0 Å². The van der Waals surface area contributed by atoms with E-state index < -0.39 is 5.60 Å². The van der Waals surface area contributed by atoms with E-state index in [-0.39, 0.29) is 12.0 Å². The average molecular weight is 372 g/mol. The van der Waals surface area contributed by atoms with Crippen LogP contribution in [0.4, 0.5) is 4.79 Å². The molecule has 0 N–H and O–H groups in total. The quantitative estimate of drug-likeness (QED) is 0.816. The van der Waals surface area contributed by atoms with Crippen molar-refractivity contribution in [2.45, 2.75) is 32.8 Å². The molecular formula is C20H28N4O3. The number of hydrogen-bond donors (Lipinski definition) is 0. The monoisotopic (exact) mass is 372 g/mol. The zero-order valence-corrected chi connectivity index (χ0v) is 16.4. The van der Waals surface area contributed by atoms with Crippen molar-refractivity contribution in [2.75, 3.05) is 39.3 Å². The highest BCUT2D eigenvalue weighted by Crippen LogP contribution is 2.15. The molecule has 0 bridgehead atoms. The summed E-state index contributed by atoms with van der Waals surface area (Å²) in [6, 6.07) is 9.96. The molecule has 0 aliphatic carbocycles. The minimum absolute atomic E-state index is 0.00616. The number of amides is 2. The maximum atomic E-state index is 12.6. The highest BCUT2D eigenvalue weighted by molar-refractivity contribution is 6.02. The van der Waals surface area contributed by atoms with Crippen molar-refractivity contribution in [3.05, 3.63) is 35.9 Å². The predicted molar refractivity (Wildman–Crippen MR) is 104 cm³/mol. The second-order valence-corrected chi connectivity index (χ2v) is 7.92. The molecule has 0 spiro atoms. The number of piperazine rings is 1. The molecular weight excluding hydrogens is 344 g/mol. The molecule has 0 unspecified atom stereocenters. The Morgan fingerprint density at radius 3 is 2.33 bits per heavy atom. The van der Waals surface area contributed by atoms with E-state index in [1.807, 2.05) is 51.1 Å². The van der Waals surface area contributed by atoms with Gasteiger partial charge in [-0.15, -0.1) is 0 Å². The molecule has 2 heterocycles. The molecule has 0 aromatic heterocycles. The Kier molecular flexibility index (Phi) is 5.79. The summed E-state index contributed by atoms with van der Waals surface area (Å²) in [7, 11) is 0. The van der Waals surface area contributed by atoms with Crippen molar-refractivity contribution in [3.8, 4) is 0 Å². The van der Waals surface area contributed by atoms with E-state index in [9.17, 15) is 9.59 Å². The first-order chi connectivity index (χ1) is 12.8. The molecule has 2 aliphatic heterocycles. The van der Waals surface area contributed by atoms with Gasteiger partial charge >= 0.3 is 6.09 Å². The second-order valence-electron chi connectivity index (χ2n) is 7.92. The van der Waals surface area contributed by atoms with Gasteiger partial charge in [0.05, 0.1) is 18.8 Å². The van der Waals surface area contributed by atoms with E-state index in [0.29, 0.717) is 39.3 Å². The molecule has 1 saturated heterocycles. The molecule has 7 nitrogen and oxygen atoms in total. The molecule has 0 saturated carbocycles. The zero-order valence-electron chi connectivity index (χ0n) is 16.4. The maximum absolute atomic E-state index is 12.6. The van der Waals surface area contributed by atoms with Crippen LogP contribution in [0.3, 0.4) is 0 Å². The summed E-state index contributed by atoms with van der Waals surface area (Å²) >= 11 is 0. The number of carbonyl (C=O) groups excluding carboxylic acids is 2. The third kappa shape index (κ3) is 5.29. The van der Waals surface area contributed by atoms with E-state index in [4.69, 9.17) is 4.74 Å². The topological polar surface area (TPSA) is 65.5 Å². The summed E-state index contributed by atoms with van der Waals surface area (Å²) in [5, 5.41) is 6.07. The minimum Gasteiger partial charge on any atom is -0.444 e. The lowest BCUT2D eigenvalue weighted by Gasteiger charge is -2.35. The fourth-order valence-electron chi connectivity index (χ4n) is 3.16. The summed E-state index contributed by atoms with van der Waals surface area (Å²) in [6.45, 7) is 9.00. The summed E-state index contributed by atoms with van der Waals surface area (Å²) in [6.07, 6.45) is 0.493. The van der Waals surface area contributed by atoms with E-state index in [1.54, 1.807) is 9.91 Å². The Morgan fingerprint density at radius 1 is 1.04 bits per heavy atom. The van der Waals surface area contributed by atoms with Crippen molar-refractivity contribution in [1.29, 1.82) is 0 Å². The van der Waals surface area contributed by atoms with Crippen LogP contribution in [-0.2, 0) is 9.53 Å². The van der Waals surface area contributed by atoms with Crippen LogP contribution in [0.25, 0.3) is 0 Å². The van der Waals surface area contributed by atoms with E-state index in [0.717, 1.165) is 17.7 Å². The number of nitrogens with zero attached hydrogens (tertiary/aromatic N) is 4. The predicted octanol–water partition coefficient (Wildman–Crippen LogP) is 2.18. The van der Waals surface area contributed by atoms with Crippen molar-refractivity contribution in [1.82, 2.24) is 14.8 Å². The van der Waals surface area contributed by atoms with Crippen molar-refractivity contribution >= 4 is 17.7 Å². The number of rotatable bonds is 3. The first-order valence-electron chi connectivity index (χ1n) is 9.45. The Bertz CT molecular complexity index is 704. The van der Waals surface area contributed by atoms with Crippen LogP contribution in [0.5, 0.6) is 0 Å². The number of hydrogen-bond acceptors (Lipinski definition) is 5. The van der Waals surface area contributed by atoms with Crippen LogP contribution in [-0.4, -0.2) is 77.4 Å². The fourth-order valence-corrected chi connectivity index (χ4v) is 3.16. The van der Waals surface area contributed by atoms with Gasteiger partial charge in [0.25, 0.3) is 5.91 Å². The first kappa shape index (κ1) is 19.4. The lowest BCUT2D eigenvalue weighted by Crippen LogP contribution is -2.52. The first-order valence-corrected chi connectivity index (χ1v) is 9.45. The smallest absolute Gasteiger partial charge is 0.410 e. The van der Waals surface area contributed by atoms with Crippen LogP contribution in [0, 0.1) is 0 Å². The van der Waals surface area contributed by atoms with Crippen LogP contribution in [0.2, 0.25) is 0 Å². The Balaban J connectivity index is 1.47. The lowest BCUT2D eigenvalue weighted by molar-refractivity contribution is -0.132. The Labute approximate surface area is 160 Å². The van der Waals surface area contributed by atoms with E-state index in [2.05, 4.69) is 10.0 Å². The second kappa shape index (κ2) is 8.08. The lowest BCUT2D eigenvalue weighted by atomic mass is 10.1. The largest absolute Gasteiger partial charge is 0.444 e. The van der Waals surface area contributed by atoms with E-state index >= 15 is 0 Å². The van der Waals surface area contributed by atoms with Crippen LogP contribution < -0.4 is 0 Å². The Hall–Kier alpha value is -2.41. The van der Waals surface area contributed by atoms with Gasteiger partial charge in [-0.25, -0.2) is 9.80 Å². The van der Waals surface area contributed by atoms with Crippen LogP contribution in [0.1, 0.15) is 32.8 Å². The summed E-state index contributed by atoms with van der Waals surface area (Å²) in [4.78, 5) is 28.5. The molecule has 27 heavy (non-hydrogen) atoms. The van der Waals surface area contributed by atoms with Gasteiger partial charge in [0.2, 0.25) is 0 Å². The molecule has 1 fully saturated rings. The molecule has 7 heteroatoms. The van der Waals surface area contributed by atoms with Gasteiger partial charge in [-0.3, -0.25) is 9.69 Å². The highest BCUT2D eigenvalue weighted by atomic mass is 16.6. The van der Waals surface area contributed by atoms with Crippen molar-refractivity contribution in [2.24, 2.45) is 5.10 Å². The molecule has 0 atom stereocenters. The average Bonchev–Trinajstić information content (AvgIpc) is 3.12. The normalized spacial score (nSPS) is 18.4. The fraction of sp³-hybridized carbons (Fsp3) is 0.550. The zero-order chi connectivity index (χ0) is 19.4. The molecule has 1 aromatic rings. The van der Waals surface area contributed by atoms with Gasteiger partial charge in [0.1, 0.15) is 5.60 Å². The van der Waals surface area contributed by atoms with Gasteiger partial charge < -0.3 is 9.64 Å². The molecule has 2 aliphatic rings. The van der Waals surface area contributed by atoms with Gasteiger partial charge in [0, 0.05) is 32.6 Å². The van der Waals surface area contributed by atoms with Gasteiger partial charge in [-0.1, -0.05) is 30.3 Å². The number of benzene rings is 1. The number of carbonyl (C=O) groups is 2. The summed E-state index contributed by atoms with van der Waals surface area (Å²) in [5.41, 5.74) is 1.53. The van der Waals surface area contributed by atoms with Gasteiger partial charge in [-0.2, -0.15) is 5.10 Å². The Morgan fingerprint density at radius 2 is 1.70 bits per heavy atom. The molecule has 0 radical (unpaired) electrons. The number of ether oxygens (including phenoxy) is 1. The third-order valence-corrected chi connectivity index (χ3v) is 4.58. The maximum Gasteiger partial charge on any atom is 0.410 e. The van der Waals surface area contributed by atoms with Gasteiger partial charge in [0.15, 0.2) is 0 Å². The van der Waals surface area contributed by atoms with Crippen molar-refractivity contribution < 1.29 is 14.3 Å². The molecule has 146 valence electrons. The molecule has 1 aromatic carbocycles. The highest BCUT2D eigenvalue weighted by Gasteiger charge is 2.28. The standard InChI is InChI=1S/C20H28N4O3/c1-20(2,3)27-19(26)23-13-11-22(12-14-23)15-18(25)24-10-9-17(21-24)16-7-5-4-6-8-16/h4-8H,9-15H2,1-3H3. The summed E-state index contributed by atoms with van der Waals surface area (Å²) in [5.74, 6) is 0.00616.